The number of amides is 1. The summed E-state index contributed by atoms with van der Waals surface area (Å²) in [4.78, 5) is 24.1. The summed E-state index contributed by atoms with van der Waals surface area (Å²) in [5.74, 6) is 2.11. The molecule has 4 rings (SSSR count). The zero-order valence-electron chi connectivity index (χ0n) is 19.1. The molecule has 6 atom stereocenters. The van der Waals surface area contributed by atoms with Gasteiger partial charge in [0.15, 0.2) is 0 Å². The van der Waals surface area contributed by atoms with Gasteiger partial charge in [0, 0.05) is 5.41 Å². The van der Waals surface area contributed by atoms with Crippen LogP contribution < -0.4 is 5.43 Å². The molecule has 0 heterocycles. The number of ketones is 1. The number of rotatable bonds is 3. The van der Waals surface area contributed by atoms with Gasteiger partial charge in [0.2, 0.25) is 0 Å². The molecule has 0 unspecified atom stereocenters. The molecule has 1 N–H and O–H groups in total. The molecule has 0 aromatic carbocycles. The van der Waals surface area contributed by atoms with Crippen molar-refractivity contribution in [1.29, 1.82) is 0 Å². The van der Waals surface area contributed by atoms with Crippen molar-refractivity contribution in [3.8, 4) is 0 Å². The van der Waals surface area contributed by atoms with Crippen LogP contribution in [0.4, 0.5) is 4.79 Å². The third-order valence-electron chi connectivity index (χ3n) is 9.48. The Hall–Kier alpha value is -1.91. The van der Waals surface area contributed by atoms with Crippen molar-refractivity contribution in [1.82, 2.24) is 5.43 Å². The van der Waals surface area contributed by atoms with Crippen LogP contribution in [0.15, 0.2) is 28.9 Å². The number of hydrogen-bond donors (Lipinski definition) is 1. The molecule has 0 aliphatic heterocycles. The van der Waals surface area contributed by atoms with Gasteiger partial charge >= 0.3 is 6.09 Å². The van der Waals surface area contributed by atoms with E-state index in [1.54, 1.807) is 13.8 Å². The number of allylic oxidation sites excluding steroid dienone is 4. The first-order chi connectivity index (χ1) is 14.2. The normalized spacial score (nSPS) is 43.3. The molecule has 0 saturated heterocycles. The minimum atomic E-state index is -0.502. The lowest BCUT2D eigenvalue weighted by Crippen LogP contribution is -2.52. The van der Waals surface area contributed by atoms with Gasteiger partial charge in [-0.1, -0.05) is 32.9 Å². The minimum Gasteiger partial charge on any atom is -0.449 e. The maximum atomic E-state index is 12.6. The van der Waals surface area contributed by atoms with E-state index in [0.717, 1.165) is 37.8 Å². The summed E-state index contributed by atoms with van der Waals surface area (Å²) in [6, 6.07) is 0. The monoisotopic (exact) mass is 412 g/mol. The minimum absolute atomic E-state index is 0.104. The number of carbonyl (C=O) groups excluding carboxylic acids is 2. The number of ether oxygens (including phenoxy) is 1. The molecule has 0 aromatic heterocycles. The Morgan fingerprint density at radius 2 is 1.90 bits per heavy atom. The van der Waals surface area contributed by atoms with E-state index in [1.165, 1.54) is 12.0 Å². The Morgan fingerprint density at radius 1 is 1.17 bits per heavy atom. The maximum absolute atomic E-state index is 12.6. The molecular weight excluding hydrogens is 376 g/mol. The number of nitrogens with one attached hydrogen (secondary N) is 1. The van der Waals surface area contributed by atoms with E-state index in [-0.39, 0.29) is 16.2 Å². The molecule has 4 aliphatic carbocycles. The highest BCUT2D eigenvalue weighted by Gasteiger charge is 2.63. The fourth-order valence-corrected chi connectivity index (χ4v) is 7.22. The molecule has 164 valence electrons. The molecule has 30 heavy (non-hydrogen) atoms. The van der Waals surface area contributed by atoms with Crippen molar-refractivity contribution in [2.24, 2.45) is 39.1 Å². The maximum Gasteiger partial charge on any atom is 0.427 e. The van der Waals surface area contributed by atoms with Crippen molar-refractivity contribution >= 4 is 17.6 Å². The van der Waals surface area contributed by atoms with Crippen LogP contribution in [0, 0.1) is 34.0 Å². The highest BCUT2D eigenvalue weighted by molar-refractivity contribution is 5.97. The van der Waals surface area contributed by atoms with E-state index in [9.17, 15) is 9.59 Å². The average molecular weight is 413 g/mol. The van der Waals surface area contributed by atoms with Crippen molar-refractivity contribution in [3.63, 3.8) is 0 Å². The second-order valence-electron chi connectivity index (χ2n) is 10.5. The van der Waals surface area contributed by atoms with Crippen LogP contribution in [0.3, 0.4) is 0 Å². The van der Waals surface area contributed by atoms with Gasteiger partial charge in [0.1, 0.15) is 5.78 Å². The number of nitrogens with zero attached hydrogens (tertiary/aromatic N) is 1. The predicted molar refractivity (Wildman–Crippen MR) is 118 cm³/mol. The highest BCUT2D eigenvalue weighted by Crippen LogP contribution is 2.68. The van der Waals surface area contributed by atoms with Crippen molar-refractivity contribution in [2.45, 2.75) is 73.1 Å². The summed E-state index contributed by atoms with van der Waals surface area (Å²) in [5, 5.41) is 4.27. The molecule has 1 amide bonds. The topological polar surface area (TPSA) is 67.8 Å². The lowest BCUT2D eigenvalue weighted by molar-refractivity contribution is -0.136. The van der Waals surface area contributed by atoms with Crippen LogP contribution in [-0.2, 0) is 9.53 Å². The first-order valence-corrected chi connectivity index (χ1v) is 11.6. The molecule has 0 spiro atoms. The van der Waals surface area contributed by atoms with E-state index in [4.69, 9.17) is 4.74 Å². The van der Waals surface area contributed by atoms with E-state index in [2.05, 4.69) is 49.5 Å². The SMILES string of the molecule is CCOC(=O)NN=C1C=C2C=C[C@@H]3[C@H]4CC[C@](C)(C(C)=O)[C@@]4(C)CC[C@H]3[C@]2(C)CC1. The standard InChI is InChI=1S/C25H36N2O3/c1-6-30-22(29)27-26-18-9-12-23(3)17(15-18)7-8-19-20(23)10-14-25(5)21(19)11-13-24(25,4)16(2)28/h7-8,15,19-21H,6,9-14H2,1-5H3,(H,27,29)/t19-,20+,21+,23+,24+,25-/m0/s1. The van der Waals surface area contributed by atoms with Gasteiger partial charge in [-0.2, -0.15) is 5.10 Å². The van der Waals surface area contributed by atoms with E-state index < -0.39 is 6.09 Å². The Kier molecular flexibility index (Phi) is 5.22. The van der Waals surface area contributed by atoms with E-state index in [0.29, 0.717) is 30.1 Å². The largest absolute Gasteiger partial charge is 0.449 e. The van der Waals surface area contributed by atoms with Crippen LogP contribution >= 0.6 is 0 Å². The van der Waals surface area contributed by atoms with Crippen LogP contribution in [-0.4, -0.2) is 24.2 Å². The smallest absolute Gasteiger partial charge is 0.427 e. The average Bonchev–Trinajstić information content (AvgIpc) is 2.99. The molecule has 0 radical (unpaired) electrons. The number of hydrogen-bond acceptors (Lipinski definition) is 4. The number of hydrazone groups is 1. The Balaban J connectivity index is 1.61. The second kappa shape index (κ2) is 7.35. The van der Waals surface area contributed by atoms with Crippen LogP contribution in [0.5, 0.6) is 0 Å². The summed E-state index contributed by atoms with van der Waals surface area (Å²) >= 11 is 0. The zero-order chi connectivity index (χ0) is 21.7. The zero-order valence-corrected chi connectivity index (χ0v) is 19.1. The fraction of sp³-hybridized carbons (Fsp3) is 0.720. The van der Waals surface area contributed by atoms with Crippen LogP contribution in [0.1, 0.15) is 73.1 Å². The summed E-state index contributed by atoms with van der Waals surface area (Å²) in [6.45, 7) is 10.9. The van der Waals surface area contributed by atoms with Gasteiger partial charge in [-0.15, -0.1) is 0 Å². The first kappa shape index (κ1) is 21.3. The third-order valence-corrected chi connectivity index (χ3v) is 9.48. The fourth-order valence-electron chi connectivity index (χ4n) is 7.22. The van der Waals surface area contributed by atoms with Gasteiger partial charge in [-0.3, -0.25) is 4.79 Å². The van der Waals surface area contributed by atoms with Gasteiger partial charge < -0.3 is 4.74 Å². The lowest BCUT2D eigenvalue weighted by atomic mass is 9.46. The van der Waals surface area contributed by atoms with Gasteiger partial charge in [-0.05, 0) is 92.6 Å². The molecule has 4 aliphatic rings. The number of Topliss-reactive ketones (excluding diaryl/α,β-unsaturated/α-hetero) is 1. The van der Waals surface area contributed by atoms with Crippen LogP contribution in [0.2, 0.25) is 0 Å². The third kappa shape index (κ3) is 2.99. The quantitative estimate of drug-likeness (QED) is 0.629. The second-order valence-corrected chi connectivity index (χ2v) is 10.5. The van der Waals surface area contributed by atoms with Gasteiger partial charge in [0.05, 0.1) is 12.3 Å². The molecule has 5 nitrogen and oxygen atoms in total. The Morgan fingerprint density at radius 3 is 2.60 bits per heavy atom. The molecule has 5 heteroatoms. The van der Waals surface area contributed by atoms with Crippen LogP contribution in [0.25, 0.3) is 0 Å². The Bertz CT molecular complexity index is 843. The molecule has 0 aromatic rings. The number of carbonyl (C=O) groups is 2. The molecule has 2 fully saturated rings. The number of fused-ring (bicyclic) bond motifs is 5. The van der Waals surface area contributed by atoms with E-state index in [1.807, 2.05) is 0 Å². The molecule has 0 bridgehead atoms. The van der Waals surface area contributed by atoms with Crippen molar-refractivity contribution < 1.29 is 14.3 Å². The highest BCUT2D eigenvalue weighted by atomic mass is 16.5. The summed E-state index contributed by atoms with van der Waals surface area (Å²) in [6.07, 6.45) is 12.8. The first-order valence-electron chi connectivity index (χ1n) is 11.6. The summed E-state index contributed by atoms with van der Waals surface area (Å²) < 4.78 is 4.90. The Labute approximate surface area is 180 Å². The summed E-state index contributed by atoms with van der Waals surface area (Å²) in [7, 11) is 0. The van der Waals surface area contributed by atoms with Crippen molar-refractivity contribution in [2.75, 3.05) is 6.61 Å². The molecule has 2 saturated carbocycles. The molecular formula is C25H36N2O3. The van der Waals surface area contributed by atoms with Crippen molar-refractivity contribution in [3.05, 3.63) is 23.8 Å². The van der Waals surface area contributed by atoms with E-state index >= 15 is 0 Å². The predicted octanol–water partition coefficient (Wildman–Crippen LogP) is 5.42. The lowest BCUT2D eigenvalue weighted by Gasteiger charge is -2.57. The van der Waals surface area contributed by atoms with Gasteiger partial charge in [-0.25, -0.2) is 10.2 Å². The summed E-state index contributed by atoms with van der Waals surface area (Å²) in [5.41, 5.74) is 4.79. The van der Waals surface area contributed by atoms with Gasteiger partial charge in [0.25, 0.3) is 0 Å².